The van der Waals surface area contributed by atoms with Gasteiger partial charge in [-0.1, -0.05) is 12.2 Å². The minimum atomic E-state index is 0. The third kappa shape index (κ3) is 6.25. The zero-order valence-corrected chi connectivity index (χ0v) is 16.7. The number of nitrogens with zero attached hydrogens (tertiary/aromatic N) is 2. The molecule has 2 fully saturated rings. The number of hydrogen-bond donors (Lipinski definition) is 1. The van der Waals surface area contributed by atoms with Crippen molar-refractivity contribution in [3.8, 4) is 0 Å². The standard InChI is InChI=1S/C18H31N3O.HI/c1-19-18(20-13-15-5-3-2-4-6-15)21-11-9-17(10-12-21)22-14-16-7-8-16;/h2-3,15-17H,4-14H2,1H3,(H,19,20);1H. The first-order valence-corrected chi connectivity index (χ1v) is 9.07. The van der Waals surface area contributed by atoms with Crippen LogP contribution >= 0.6 is 24.0 Å². The highest BCUT2D eigenvalue weighted by atomic mass is 127. The number of likely N-dealkylation sites (tertiary alicyclic amines) is 1. The average molecular weight is 433 g/mol. The normalized spacial score (nSPS) is 26.0. The first-order chi connectivity index (χ1) is 10.8. The molecular weight excluding hydrogens is 401 g/mol. The van der Waals surface area contributed by atoms with Gasteiger partial charge in [-0.25, -0.2) is 0 Å². The zero-order valence-electron chi connectivity index (χ0n) is 14.4. The van der Waals surface area contributed by atoms with Gasteiger partial charge in [0.25, 0.3) is 0 Å². The van der Waals surface area contributed by atoms with E-state index in [-0.39, 0.29) is 24.0 Å². The van der Waals surface area contributed by atoms with E-state index in [1.807, 2.05) is 7.05 Å². The van der Waals surface area contributed by atoms with Crippen LogP contribution in [0.3, 0.4) is 0 Å². The van der Waals surface area contributed by atoms with Crippen LogP contribution < -0.4 is 5.32 Å². The lowest BCUT2D eigenvalue weighted by Crippen LogP contribution is -2.48. The molecule has 1 saturated carbocycles. The van der Waals surface area contributed by atoms with E-state index in [1.54, 1.807) is 0 Å². The smallest absolute Gasteiger partial charge is 0.193 e. The number of hydrogen-bond acceptors (Lipinski definition) is 2. The number of rotatable bonds is 5. The molecule has 0 radical (unpaired) electrons. The van der Waals surface area contributed by atoms with Gasteiger partial charge in [0.15, 0.2) is 5.96 Å². The predicted molar refractivity (Wildman–Crippen MR) is 107 cm³/mol. The number of halogens is 1. The molecular formula is C18H32IN3O. The van der Waals surface area contributed by atoms with Gasteiger partial charge in [0.1, 0.15) is 0 Å². The van der Waals surface area contributed by atoms with Crippen LogP contribution in [-0.2, 0) is 4.74 Å². The number of aliphatic imine (C=N–C) groups is 1. The zero-order chi connectivity index (χ0) is 15.2. The summed E-state index contributed by atoms with van der Waals surface area (Å²) in [5.74, 6) is 2.72. The van der Waals surface area contributed by atoms with Gasteiger partial charge in [-0.05, 0) is 56.8 Å². The van der Waals surface area contributed by atoms with E-state index in [0.29, 0.717) is 6.10 Å². The van der Waals surface area contributed by atoms with E-state index >= 15 is 0 Å². The Morgan fingerprint density at radius 2 is 1.91 bits per heavy atom. The van der Waals surface area contributed by atoms with E-state index in [0.717, 1.165) is 56.9 Å². The molecule has 1 atom stereocenters. The van der Waals surface area contributed by atoms with Crippen molar-refractivity contribution in [2.45, 2.75) is 51.0 Å². The van der Waals surface area contributed by atoms with Gasteiger partial charge >= 0.3 is 0 Å². The van der Waals surface area contributed by atoms with Crippen LogP contribution in [0.25, 0.3) is 0 Å². The second-order valence-corrected chi connectivity index (χ2v) is 7.04. The lowest BCUT2D eigenvalue weighted by atomic mass is 9.94. The van der Waals surface area contributed by atoms with Crippen molar-refractivity contribution in [3.05, 3.63) is 12.2 Å². The highest BCUT2D eigenvalue weighted by Crippen LogP contribution is 2.30. The van der Waals surface area contributed by atoms with Gasteiger partial charge in [0, 0.05) is 33.3 Å². The van der Waals surface area contributed by atoms with Crippen LogP contribution in [0.1, 0.15) is 44.9 Å². The lowest BCUT2D eigenvalue weighted by molar-refractivity contribution is 0.0131. The summed E-state index contributed by atoms with van der Waals surface area (Å²) in [6.45, 7) is 4.18. The first-order valence-electron chi connectivity index (χ1n) is 9.07. The van der Waals surface area contributed by atoms with E-state index < -0.39 is 0 Å². The quantitative estimate of drug-likeness (QED) is 0.313. The third-order valence-corrected chi connectivity index (χ3v) is 5.14. The van der Waals surface area contributed by atoms with Crippen LogP contribution in [0.5, 0.6) is 0 Å². The number of guanidine groups is 1. The summed E-state index contributed by atoms with van der Waals surface area (Å²) in [7, 11) is 1.90. The van der Waals surface area contributed by atoms with Gasteiger partial charge in [-0.15, -0.1) is 24.0 Å². The van der Waals surface area contributed by atoms with E-state index in [4.69, 9.17) is 4.74 Å². The molecule has 1 saturated heterocycles. The molecule has 5 heteroatoms. The summed E-state index contributed by atoms with van der Waals surface area (Å²) in [6.07, 6.45) is 13.9. The summed E-state index contributed by atoms with van der Waals surface area (Å²) >= 11 is 0. The molecule has 4 nitrogen and oxygen atoms in total. The molecule has 1 N–H and O–H groups in total. The summed E-state index contributed by atoms with van der Waals surface area (Å²) < 4.78 is 6.03. The molecule has 1 unspecified atom stereocenters. The molecule has 0 spiro atoms. The Labute approximate surface area is 158 Å². The van der Waals surface area contributed by atoms with Crippen molar-refractivity contribution in [1.82, 2.24) is 10.2 Å². The maximum Gasteiger partial charge on any atom is 0.193 e. The predicted octanol–water partition coefficient (Wildman–Crippen LogP) is 3.43. The summed E-state index contributed by atoms with van der Waals surface area (Å²) in [5, 5.41) is 3.59. The summed E-state index contributed by atoms with van der Waals surface area (Å²) in [5.41, 5.74) is 0. The molecule has 2 aliphatic carbocycles. The van der Waals surface area contributed by atoms with Crippen LogP contribution in [0.4, 0.5) is 0 Å². The Morgan fingerprint density at radius 1 is 1.13 bits per heavy atom. The SMILES string of the molecule is CN=C(NCC1CC=CCC1)N1CCC(OCC2CC2)CC1.I. The minimum Gasteiger partial charge on any atom is -0.378 e. The summed E-state index contributed by atoms with van der Waals surface area (Å²) in [4.78, 5) is 6.88. The average Bonchev–Trinajstić information content (AvgIpc) is 3.40. The second-order valence-electron chi connectivity index (χ2n) is 7.04. The van der Waals surface area contributed by atoms with Gasteiger partial charge in [0.2, 0.25) is 0 Å². The Morgan fingerprint density at radius 3 is 2.52 bits per heavy atom. The highest BCUT2D eigenvalue weighted by molar-refractivity contribution is 14.0. The molecule has 3 rings (SSSR count). The van der Waals surface area contributed by atoms with E-state index in [1.165, 1.54) is 32.1 Å². The molecule has 132 valence electrons. The minimum absolute atomic E-state index is 0. The number of nitrogens with one attached hydrogen (secondary N) is 1. The fraction of sp³-hybridized carbons (Fsp3) is 0.833. The maximum atomic E-state index is 6.03. The van der Waals surface area contributed by atoms with Gasteiger partial charge in [-0.3, -0.25) is 4.99 Å². The van der Waals surface area contributed by atoms with Crippen molar-refractivity contribution < 1.29 is 4.74 Å². The van der Waals surface area contributed by atoms with Crippen LogP contribution in [0.15, 0.2) is 17.1 Å². The van der Waals surface area contributed by atoms with E-state index in [2.05, 4.69) is 27.4 Å². The monoisotopic (exact) mass is 433 g/mol. The molecule has 0 amide bonds. The second kappa shape index (κ2) is 9.87. The van der Waals surface area contributed by atoms with Crippen LogP contribution in [0.2, 0.25) is 0 Å². The molecule has 0 aromatic heterocycles. The maximum absolute atomic E-state index is 6.03. The first kappa shape index (κ1) is 19.0. The molecule has 0 aromatic carbocycles. The molecule has 3 aliphatic rings. The van der Waals surface area contributed by atoms with Gasteiger partial charge in [-0.2, -0.15) is 0 Å². The molecule has 0 bridgehead atoms. The van der Waals surface area contributed by atoms with Crippen molar-refractivity contribution in [2.24, 2.45) is 16.8 Å². The van der Waals surface area contributed by atoms with Crippen molar-refractivity contribution >= 4 is 29.9 Å². The topological polar surface area (TPSA) is 36.9 Å². The van der Waals surface area contributed by atoms with Crippen molar-refractivity contribution in [1.29, 1.82) is 0 Å². The Hall–Kier alpha value is -0.300. The Kier molecular flexibility index (Phi) is 8.16. The fourth-order valence-electron chi connectivity index (χ4n) is 3.40. The third-order valence-electron chi connectivity index (χ3n) is 5.14. The molecule has 23 heavy (non-hydrogen) atoms. The number of ether oxygens (including phenoxy) is 1. The van der Waals surface area contributed by atoms with E-state index in [9.17, 15) is 0 Å². The molecule has 0 aromatic rings. The highest BCUT2D eigenvalue weighted by Gasteiger charge is 2.26. The lowest BCUT2D eigenvalue weighted by Gasteiger charge is -2.34. The van der Waals surface area contributed by atoms with Crippen molar-refractivity contribution in [2.75, 3.05) is 33.3 Å². The van der Waals surface area contributed by atoms with Crippen molar-refractivity contribution in [3.63, 3.8) is 0 Å². The number of piperidine rings is 1. The van der Waals surface area contributed by atoms with Gasteiger partial charge in [0.05, 0.1) is 6.10 Å². The number of allylic oxidation sites excluding steroid dienone is 2. The molecule has 1 heterocycles. The van der Waals surface area contributed by atoms with Gasteiger partial charge < -0.3 is 15.0 Å². The van der Waals surface area contributed by atoms with Crippen LogP contribution in [0, 0.1) is 11.8 Å². The Bertz CT molecular complexity index is 401. The van der Waals surface area contributed by atoms with Crippen LogP contribution in [-0.4, -0.2) is 50.3 Å². The molecule has 1 aliphatic heterocycles. The Balaban J connectivity index is 0.00000192. The fourth-order valence-corrected chi connectivity index (χ4v) is 3.40. The summed E-state index contributed by atoms with van der Waals surface area (Å²) in [6, 6.07) is 0. The largest absolute Gasteiger partial charge is 0.378 e.